The van der Waals surface area contributed by atoms with Gasteiger partial charge in [-0.05, 0) is 43.4 Å². The van der Waals surface area contributed by atoms with Gasteiger partial charge in [0.1, 0.15) is 0 Å². The smallest absolute Gasteiger partial charge is 0.0203 e. The Labute approximate surface area is 69.7 Å². The second-order valence-corrected chi connectivity index (χ2v) is 4.30. The molecule has 0 spiro atoms. The Morgan fingerprint density at radius 1 is 1.45 bits per heavy atom. The highest BCUT2D eigenvalue weighted by Gasteiger charge is 2.36. The van der Waals surface area contributed by atoms with Crippen LogP contribution >= 0.6 is 0 Å². The number of rotatable bonds is 1. The monoisotopic (exact) mass is 150 g/mol. The summed E-state index contributed by atoms with van der Waals surface area (Å²) in [5.41, 5.74) is 1.56. The molecule has 0 heterocycles. The maximum absolute atomic E-state index is 4.17. The zero-order chi connectivity index (χ0) is 7.84. The quantitative estimate of drug-likeness (QED) is 0.503. The van der Waals surface area contributed by atoms with Gasteiger partial charge in [0, 0.05) is 0 Å². The lowest BCUT2D eigenvalue weighted by Crippen LogP contribution is -2.16. The Bertz CT molecular complexity index is 169. The first kappa shape index (κ1) is 7.39. The molecule has 0 aromatic heterocycles. The van der Waals surface area contributed by atoms with E-state index in [9.17, 15) is 0 Å². The van der Waals surface area contributed by atoms with Gasteiger partial charge < -0.3 is 0 Å². The van der Waals surface area contributed by atoms with E-state index in [1.54, 1.807) is 5.57 Å². The second-order valence-electron chi connectivity index (χ2n) is 4.30. The average Bonchev–Trinajstić information content (AvgIpc) is 2.30. The van der Waals surface area contributed by atoms with Crippen molar-refractivity contribution < 1.29 is 0 Å². The third kappa shape index (κ3) is 1.13. The van der Waals surface area contributed by atoms with E-state index in [1.165, 1.54) is 32.1 Å². The fourth-order valence-corrected chi connectivity index (χ4v) is 2.99. The topological polar surface area (TPSA) is 0 Å². The molecule has 2 saturated carbocycles. The third-order valence-corrected chi connectivity index (χ3v) is 3.77. The molecule has 0 aromatic rings. The van der Waals surface area contributed by atoms with E-state index in [0.717, 1.165) is 17.8 Å². The van der Waals surface area contributed by atoms with Gasteiger partial charge in [0.15, 0.2) is 0 Å². The van der Waals surface area contributed by atoms with Gasteiger partial charge >= 0.3 is 0 Å². The summed E-state index contributed by atoms with van der Waals surface area (Å²) < 4.78 is 0. The minimum Gasteiger partial charge on any atom is -0.0996 e. The standard InChI is InChI=1S/C11H18/c1-3-9-4-5-10-7-11(9)6-8(10)2/h9-11H,2-7H2,1H3. The van der Waals surface area contributed by atoms with E-state index >= 15 is 0 Å². The summed E-state index contributed by atoms with van der Waals surface area (Å²) in [6.45, 7) is 6.50. The third-order valence-electron chi connectivity index (χ3n) is 3.77. The van der Waals surface area contributed by atoms with E-state index in [2.05, 4.69) is 13.5 Å². The van der Waals surface area contributed by atoms with Crippen LogP contribution < -0.4 is 0 Å². The van der Waals surface area contributed by atoms with Crippen LogP contribution in [0.2, 0.25) is 0 Å². The molecule has 0 N–H and O–H groups in total. The molecule has 0 aliphatic heterocycles. The molecule has 62 valence electrons. The minimum absolute atomic E-state index is 0.919. The molecular formula is C11H18. The lowest BCUT2D eigenvalue weighted by atomic mass is 9.78. The van der Waals surface area contributed by atoms with Crippen molar-refractivity contribution in [2.75, 3.05) is 0 Å². The van der Waals surface area contributed by atoms with Crippen molar-refractivity contribution in [2.45, 2.75) is 39.0 Å². The zero-order valence-electron chi connectivity index (χ0n) is 7.47. The van der Waals surface area contributed by atoms with Crippen LogP contribution in [0.15, 0.2) is 12.2 Å². The summed E-state index contributed by atoms with van der Waals surface area (Å²) >= 11 is 0. The molecule has 0 amide bonds. The lowest BCUT2D eigenvalue weighted by Gasteiger charge is -2.27. The SMILES string of the molecule is C=C1CC2CC1CCC2CC. The molecule has 0 nitrogen and oxygen atoms in total. The summed E-state index contributed by atoms with van der Waals surface area (Å²) in [5, 5.41) is 0. The lowest BCUT2D eigenvalue weighted by molar-refractivity contribution is 0.242. The van der Waals surface area contributed by atoms with Gasteiger partial charge in [-0.15, -0.1) is 0 Å². The molecule has 0 radical (unpaired) electrons. The van der Waals surface area contributed by atoms with Gasteiger partial charge in [0.25, 0.3) is 0 Å². The molecule has 2 aliphatic carbocycles. The average molecular weight is 150 g/mol. The van der Waals surface area contributed by atoms with Crippen LogP contribution in [0.3, 0.4) is 0 Å². The predicted molar refractivity (Wildman–Crippen MR) is 48.4 cm³/mol. The predicted octanol–water partition coefficient (Wildman–Crippen LogP) is 3.39. The summed E-state index contributed by atoms with van der Waals surface area (Å²) in [7, 11) is 0. The van der Waals surface area contributed by atoms with Crippen molar-refractivity contribution >= 4 is 0 Å². The van der Waals surface area contributed by atoms with Crippen LogP contribution in [-0.2, 0) is 0 Å². The maximum atomic E-state index is 4.17. The Hall–Kier alpha value is -0.260. The molecule has 11 heavy (non-hydrogen) atoms. The Morgan fingerprint density at radius 3 is 3.00 bits per heavy atom. The summed E-state index contributed by atoms with van der Waals surface area (Å²) in [6.07, 6.45) is 7.13. The highest BCUT2D eigenvalue weighted by Crippen LogP contribution is 2.48. The molecule has 2 rings (SSSR count). The highest BCUT2D eigenvalue weighted by atomic mass is 14.4. The molecule has 0 aromatic carbocycles. The zero-order valence-corrected chi connectivity index (χ0v) is 7.47. The first-order valence-corrected chi connectivity index (χ1v) is 4.99. The van der Waals surface area contributed by atoms with E-state index in [-0.39, 0.29) is 0 Å². The van der Waals surface area contributed by atoms with Gasteiger partial charge in [-0.3, -0.25) is 0 Å². The normalized spacial score (nSPS) is 43.0. The molecule has 0 heteroatoms. The Balaban J connectivity index is 2.08. The van der Waals surface area contributed by atoms with Crippen LogP contribution in [0.25, 0.3) is 0 Å². The molecule has 2 fully saturated rings. The Kier molecular flexibility index (Phi) is 1.78. The molecule has 2 bridgehead atoms. The van der Waals surface area contributed by atoms with Crippen molar-refractivity contribution in [1.82, 2.24) is 0 Å². The second kappa shape index (κ2) is 2.66. The fraction of sp³-hybridized carbons (Fsp3) is 0.818. The van der Waals surface area contributed by atoms with Gasteiger partial charge in [-0.2, -0.15) is 0 Å². The van der Waals surface area contributed by atoms with Gasteiger partial charge in [0.2, 0.25) is 0 Å². The van der Waals surface area contributed by atoms with Crippen LogP contribution in [-0.4, -0.2) is 0 Å². The molecular weight excluding hydrogens is 132 g/mol. The van der Waals surface area contributed by atoms with Crippen molar-refractivity contribution in [1.29, 1.82) is 0 Å². The number of hydrogen-bond acceptors (Lipinski definition) is 0. The van der Waals surface area contributed by atoms with Crippen LogP contribution in [0.1, 0.15) is 39.0 Å². The van der Waals surface area contributed by atoms with Gasteiger partial charge in [-0.25, -0.2) is 0 Å². The first-order chi connectivity index (χ1) is 5.31. The molecule has 0 saturated heterocycles. The number of fused-ring (bicyclic) bond motifs is 2. The molecule has 3 unspecified atom stereocenters. The van der Waals surface area contributed by atoms with Crippen LogP contribution in [0.5, 0.6) is 0 Å². The van der Waals surface area contributed by atoms with E-state index in [4.69, 9.17) is 0 Å². The van der Waals surface area contributed by atoms with Crippen LogP contribution in [0, 0.1) is 17.8 Å². The molecule has 2 aliphatic rings. The van der Waals surface area contributed by atoms with Crippen molar-refractivity contribution in [3.05, 3.63) is 12.2 Å². The van der Waals surface area contributed by atoms with Crippen molar-refractivity contribution in [3.8, 4) is 0 Å². The van der Waals surface area contributed by atoms with Gasteiger partial charge in [0.05, 0.1) is 0 Å². The van der Waals surface area contributed by atoms with E-state index in [0.29, 0.717) is 0 Å². The maximum Gasteiger partial charge on any atom is -0.0203 e. The number of allylic oxidation sites excluding steroid dienone is 1. The fourth-order valence-electron chi connectivity index (χ4n) is 2.99. The first-order valence-electron chi connectivity index (χ1n) is 4.99. The molecule has 3 atom stereocenters. The highest BCUT2D eigenvalue weighted by molar-refractivity contribution is 5.11. The van der Waals surface area contributed by atoms with Gasteiger partial charge in [-0.1, -0.05) is 25.5 Å². The summed E-state index contributed by atoms with van der Waals surface area (Å²) in [6, 6.07) is 0. The van der Waals surface area contributed by atoms with Crippen molar-refractivity contribution in [3.63, 3.8) is 0 Å². The largest absolute Gasteiger partial charge is 0.0996 e. The van der Waals surface area contributed by atoms with E-state index in [1.807, 2.05) is 0 Å². The minimum atomic E-state index is 0.919. The number of hydrogen-bond donors (Lipinski definition) is 0. The van der Waals surface area contributed by atoms with Crippen LogP contribution in [0.4, 0.5) is 0 Å². The van der Waals surface area contributed by atoms with E-state index < -0.39 is 0 Å². The summed E-state index contributed by atoms with van der Waals surface area (Å²) in [4.78, 5) is 0. The Morgan fingerprint density at radius 2 is 2.27 bits per heavy atom. The summed E-state index contributed by atoms with van der Waals surface area (Å²) in [5.74, 6) is 2.97. The van der Waals surface area contributed by atoms with Crippen molar-refractivity contribution in [2.24, 2.45) is 17.8 Å².